The Kier molecular flexibility index (Phi) is 4.88. The van der Waals surface area contributed by atoms with Crippen LogP contribution in [0.15, 0.2) is 30.3 Å². The molecule has 0 aromatic heterocycles. The van der Waals surface area contributed by atoms with Crippen LogP contribution in [0.1, 0.15) is 19.3 Å². The molecule has 1 aliphatic rings. The maximum absolute atomic E-state index is 11.3. The highest BCUT2D eigenvalue weighted by atomic mass is 16.5. The number of amides is 2. The van der Waals surface area contributed by atoms with E-state index in [1.54, 1.807) is 0 Å². The first-order valence-electron chi connectivity index (χ1n) is 6.54. The molecule has 98 valence electrons. The summed E-state index contributed by atoms with van der Waals surface area (Å²) in [6.07, 6.45) is 3.32. The normalized spacial score (nSPS) is 14.0. The third kappa shape index (κ3) is 5.08. The van der Waals surface area contributed by atoms with Crippen molar-refractivity contribution in [3.63, 3.8) is 0 Å². The van der Waals surface area contributed by atoms with Gasteiger partial charge in [0.1, 0.15) is 5.75 Å². The van der Waals surface area contributed by atoms with Gasteiger partial charge in [0.25, 0.3) is 0 Å². The molecule has 0 atom stereocenters. The summed E-state index contributed by atoms with van der Waals surface area (Å²) in [6, 6.07) is 9.63. The van der Waals surface area contributed by atoms with Gasteiger partial charge in [-0.05, 0) is 37.3 Å². The molecule has 2 amide bonds. The van der Waals surface area contributed by atoms with Crippen LogP contribution in [0, 0.1) is 5.92 Å². The van der Waals surface area contributed by atoms with Crippen LogP contribution >= 0.6 is 0 Å². The smallest absolute Gasteiger partial charge is 0.314 e. The average molecular weight is 248 g/mol. The molecule has 1 aromatic rings. The second kappa shape index (κ2) is 6.89. The van der Waals surface area contributed by atoms with Gasteiger partial charge in [0, 0.05) is 13.1 Å². The molecule has 18 heavy (non-hydrogen) atoms. The number of hydrogen-bond donors (Lipinski definition) is 2. The van der Waals surface area contributed by atoms with Crippen LogP contribution in [0.4, 0.5) is 4.79 Å². The Balaban J connectivity index is 1.46. The molecule has 0 spiro atoms. The number of carbonyl (C=O) groups excluding carboxylic acids is 1. The predicted octanol–water partition coefficient (Wildman–Crippen LogP) is 2.16. The van der Waals surface area contributed by atoms with E-state index in [-0.39, 0.29) is 6.03 Å². The molecule has 0 unspecified atom stereocenters. The van der Waals surface area contributed by atoms with Crippen molar-refractivity contribution < 1.29 is 9.53 Å². The molecule has 4 nitrogen and oxygen atoms in total. The van der Waals surface area contributed by atoms with Gasteiger partial charge in [-0.15, -0.1) is 0 Å². The molecule has 0 bridgehead atoms. The van der Waals surface area contributed by atoms with Crippen LogP contribution in [0.25, 0.3) is 0 Å². The van der Waals surface area contributed by atoms with Gasteiger partial charge in [0.2, 0.25) is 0 Å². The molecule has 0 aliphatic heterocycles. The van der Waals surface area contributed by atoms with Crippen molar-refractivity contribution in [3.05, 3.63) is 30.3 Å². The van der Waals surface area contributed by atoms with Crippen molar-refractivity contribution >= 4 is 6.03 Å². The number of hydrogen-bond acceptors (Lipinski definition) is 2. The molecule has 0 radical (unpaired) electrons. The third-order valence-electron chi connectivity index (χ3n) is 2.87. The summed E-state index contributed by atoms with van der Waals surface area (Å²) in [7, 11) is 0. The maximum Gasteiger partial charge on any atom is 0.314 e. The summed E-state index contributed by atoms with van der Waals surface area (Å²) in [6.45, 7) is 2.07. The number of para-hydroxylation sites is 1. The van der Waals surface area contributed by atoms with Gasteiger partial charge in [0.15, 0.2) is 0 Å². The lowest BCUT2D eigenvalue weighted by atomic mass is 10.3. The topological polar surface area (TPSA) is 50.4 Å². The van der Waals surface area contributed by atoms with Crippen LogP contribution in [0.5, 0.6) is 5.75 Å². The van der Waals surface area contributed by atoms with Gasteiger partial charge < -0.3 is 15.4 Å². The minimum atomic E-state index is -0.0680. The Morgan fingerprint density at radius 1 is 1.22 bits per heavy atom. The van der Waals surface area contributed by atoms with Gasteiger partial charge >= 0.3 is 6.03 Å². The summed E-state index contributed by atoms with van der Waals surface area (Å²) in [5.74, 6) is 1.59. The Labute approximate surface area is 108 Å². The number of rotatable bonds is 7. The first-order chi connectivity index (χ1) is 8.84. The van der Waals surface area contributed by atoms with E-state index in [2.05, 4.69) is 10.6 Å². The molecular formula is C14H20N2O2. The predicted molar refractivity (Wildman–Crippen MR) is 70.7 cm³/mol. The standard InChI is InChI=1S/C14H20N2O2/c17-14(16-11-12-7-8-12)15-9-4-10-18-13-5-2-1-3-6-13/h1-3,5-6,12H,4,7-11H2,(H2,15,16,17). The van der Waals surface area contributed by atoms with Crippen LogP contribution in [0.2, 0.25) is 0 Å². The van der Waals surface area contributed by atoms with E-state index in [9.17, 15) is 4.79 Å². The fourth-order valence-electron chi connectivity index (χ4n) is 1.60. The van der Waals surface area contributed by atoms with Crippen LogP contribution < -0.4 is 15.4 Å². The largest absolute Gasteiger partial charge is 0.494 e. The molecule has 1 aliphatic carbocycles. The molecule has 0 heterocycles. The van der Waals surface area contributed by atoms with E-state index >= 15 is 0 Å². The van der Waals surface area contributed by atoms with Crippen molar-refractivity contribution in [2.45, 2.75) is 19.3 Å². The quantitative estimate of drug-likeness (QED) is 0.726. The van der Waals surface area contributed by atoms with Crippen LogP contribution in [-0.4, -0.2) is 25.7 Å². The first kappa shape index (κ1) is 12.7. The van der Waals surface area contributed by atoms with Gasteiger partial charge in [-0.25, -0.2) is 4.79 Å². The fraction of sp³-hybridized carbons (Fsp3) is 0.500. The SMILES string of the molecule is O=C(NCCCOc1ccccc1)NCC1CC1. The molecule has 1 fully saturated rings. The van der Waals surface area contributed by atoms with Gasteiger partial charge in [-0.3, -0.25) is 0 Å². The fourth-order valence-corrected chi connectivity index (χ4v) is 1.60. The van der Waals surface area contributed by atoms with E-state index < -0.39 is 0 Å². The number of ether oxygens (including phenoxy) is 1. The lowest BCUT2D eigenvalue weighted by Crippen LogP contribution is -2.37. The Morgan fingerprint density at radius 3 is 2.72 bits per heavy atom. The summed E-state index contributed by atoms with van der Waals surface area (Å²) >= 11 is 0. The zero-order valence-electron chi connectivity index (χ0n) is 10.5. The number of nitrogens with one attached hydrogen (secondary N) is 2. The van der Waals surface area contributed by atoms with E-state index in [4.69, 9.17) is 4.74 Å². The Morgan fingerprint density at radius 2 is 2.00 bits per heavy atom. The number of urea groups is 1. The zero-order valence-corrected chi connectivity index (χ0v) is 10.5. The monoisotopic (exact) mass is 248 g/mol. The Hall–Kier alpha value is -1.71. The molecule has 1 saturated carbocycles. The van der Waals surface area contributed by atoms with Gasteiger partial charge in [-0.1, -0.05) is 18.2 Å². The van der Waals surface area contributed by atoms with E-state index in [0.29, 0.717) is 13.2 Å². The highest BCUT2D eigenvalue weighted by Gasteiger charge is 2.21. The molecule has 2 rings (SSSR count). The van der Waals surface area contributed by atoms with Gasteiger partial charge in [0.05, 0.1) is 6.61 Å². The minimum absolute atomic E-state index is 0.0680. The summed E-state index contributed by atoms with van der Waals surface area (Å²) < 4.78 is 5.52. The second-order valence-electron chi connectivity index (χ2n) is 4.60. The molecule has 1 aromatic carbocycles. The van der Waals surface area contributed by atoms with Crippen molar-refractivity contribution in [1.29, 1.82) is 0 Å². The Bertz CT molecular complexity index is 363. The number of benzene rings is 1. The van der Waals surface area contributed by atoms with Crippen LogP contribution in [0.3, 0.4) is 0 Å². The summed E-state index contributed by atoms with van der Waals surface area (Å²) in [5, 5.41) is 5.68. The zero-order chi connectivity index (χ0) is 12.6. The van der Waals surface area contributed by atoms with Crippen LogP contribution in [-0.2, 0) is 0 Å². The average Bonchev–Trinajstić information content (AvgIpc) is 3.21. The van der Waals surface area contributed by atoms with Gasteiger partial charge in [-0.2, -0.15) is 0 Å². The maximum atomic E-state index is 11.3. The molecule has 2 N–H and O–H groups in total. The highest BCUT2D eigenvalue weighted by molar-refractivity contribution is 5.73. The second-order valence-corrected chi connectivity index (χ2v) is 4.60. The minimum Gasteiger partial charge on any atom is -0.494 e. The van der Waals surface area contributed by atoms with E-state index in [1.807, 2.05) is 30.3 Å². The summed E-state index contributed by atoms with van der Waals surface area (Å²) in [4.78, 5) is 11.3. The van der Waals surface area contributed by atoms with Crippen molar-refractivity contribution in [2.24, 2.45) is 5.92 Å². The highest BCUT2D eigenvalue weighted by Crippen LogP contribution is 2.27. The van der Waals surface area contributed by atoms with Crippen molar-refractivity contribution in [2.75, 3.05) is 19.7 Å². The lowest BCUT2D eigenvalue weighted by Gasteiger charge is -2.08. The molecular weight excluding hydrogens is 228 g/mol. The van der Waals surface area contributed by atoms with E-state index in [0.717, 1.165) is 24.6 Å². The van der Waals surface area contributed by atoms with E-state index in [1.165, 1.54) is 12.8 Å². The summed E-state index contributed by atoms with van der Waals surface area (Å²) in [5.41, 5.74) is 0. The molecule has 4 heteroatoms. The number of carbonyl (C=O) groups is 1. The van der Waals surface area contributed by atoms with Crippen molar-refractivity contribution in [3.8, 4) is 5.75 Å². The lowest BCUT2D eigenvalue weighted by molar-refractivity contribution is 0.238. The molecule has 0 saturated heterocycles. The first-order valence-corrected chi connectivity index (χ1v) is 6.54. The van der Waals surface area contributed by atoms with Crippen molar-refractivity contribution in [1.82, 2.24) is 10.6 Å². The third-order valence-corrected chi connectivity index (χ3v) is 2.87.